The molecular weight excluding hydrogens is 571 g/mol. The minimum atomic E-state index is 0.860. The summed E-state index contributed by atoms with van der Waals surface area (Å²) in [5.41, 5.74) is 10.0. The molecule has 47 heavy (non-hydrogen) atoms. The van der Waals surface area contributed by atoms with Crippen molar-refractivity contribution in [2.45, 2.75) is 6.92 Å². The second kappa shape index (κ2) is 12.0. The Morgan fingerprint density at radius 3 is 2.00 bits per heavy atom. The summed E-state index contributed by atoms with van der Waals surface area (Å²) in [5, 5.41) is 6.03. The largest absolute Gasteiger partial charge is 0.456 e. The normalized spacial score (nSPS) is 11.5. The van der Waals surface area contributed by atoms with Crippen molar-refractivity contribution < 1.29 is 4.42 Å². The highest BCUT2D eigenvalue weighted by Crippen LogP contribution is 2.43. The molecule has 1 aromatic heterocycles. The fourth-order valence-corrected chi connectivity index (χ4v) is 6.64. The van der Waals surface area contributed by atoms with Gasteiger partial charge in [0.25, 0.3) is 0 Å². The Morgan fingerprint density at radius 2 is 1.19 bits per heavy atom. The van der Waals surface area contributed by atoms with Crippen molar-refractivity contribution in [2.24, 2.45) is 0 Å². The van der Waals surface area contributed by atoms with Gasteiger partial charge in [0.15, 0.2) is 0 Å². The van der Waals surface area contributed by atoms with Gasteiger partial charge in [-0.3, -0.25) is 0 Å². The summed E-state index contributed by atoms with van der Waals surface area (Å²) in [6.07, 6.45) is 5.65. The molecule has 0 aliphatic heterocycles. The number of aryl methyl sites for hydroxylation is 1. The fraction of sp³-hybridized carbons (Fsp3) is 0.0222. The minimum absolute atomic E-state index is 0.860. The lowest BCUT2D eigenvalue weighted by Crippen LogP contribution is -2.10. The van der Waals surface area contributed by atoms with Gasteiger partial charge in [-0.2, -0.15) is 0 Å². The number of allylic oxidation sites excluding steroid dienone is 2. The summed E-state index contributed by atoms with van der Waals surface area (Å²) < 4.78 is 6.14. The van der Waals surface area contributed by atoms with Crippen LogP contribution in [0, 0.1) is 6.92 Å². The molecule has 0 saturated carbocycles. The van der Waals surface area contributed by atoms with E-state index in [2.05, 4.69) is 170 Å². The number of nitrogens with zero attached hydrogens (tertiary/aromatic N) is 1. The zero-order valence-electron chi connectivity index (χ0n) is 26.2. The van der Waals surface area contributed by atoms with E-state index >= 15 is 0 Å². The maximum atomic E-state index is 6.14. The van der Waals surface area contributed by atoms with Crippen LogP contribution in [-0.2, 0) is 0 Å². The summed E-state index contributed by atoms with van der Waals surface area (Å²) >= 11 is 0. The Morgan fingerprint density at radius 1 is 0.532 bits per heavy atom. The second-order valence-electron chi connectivity index (χ2n) is 11.9. The number of rotatable bonds is 7. The first-order valence-corrected chi connectivity index (χ1v) is 16.0. The summed E-state index contributed by atoms with van der Waals surface area (Å²) in [6, 6.07) is 54.5. The van der Waals surface area contributed by atoms with E-state index in [0.29, 0.717) is 0 Å². The van der Waals surface area contributed by atoms with Crippen LogP contribution in [0.3, 0.4) is 0 Å². The molecule has 0 spiro atoms. The molecule has 224 valence electrons. The van der Waals surface area contributed by atoms with Gasteiger partial charge in [-0.05, 0) is 93.9 Å². The number of anilines is 3. The Labute approximate surface area is 275 Å². The van der Waals surface area contributed by atoms with Crippen molar-refractivity contribution >= 4 is 55.7 Å². The summed E-state index contributed by atoms with van der Waals surface area (Å²) in [4.78, 5) is 2.40. The molecule has 0 saturated heterocycles. The molecule has 0 amide bonds. The third-order valence-corrected chi connectivity index (χ3v) is 9.01. The smallest absolute Gasteiger partial charge is 0.135 e. The SMILES string of the molecule is C=C/C=C\c1oc2ccc(-c3cccc(N(c4ccc(-c5ccccc5)cc4)c4cc5ccccc5c5ccccc45)c3)cc2c1C. The van der Waals surface area contributed by atoms with Crippen LogP contribution in [0.2, 0.25) is 0 Å². The molecule has 0 aliphatic carbocycles. The van der Waals surface area contributed by atoms with Gasteiger partial charge >= 0.3 is 0 Å². The molecular formula is C45H33NO. The van der Waals surface area contributed by atoms with Crippen molar-refractivity contribution in [3.05, 3.63) is 182 Å². The molecule has 0 unspecified atom stereocenters. The topological polar surface area (TPSA) is 16.4 Å². The van der Waals surface area contributed by atoms with Crippen molar-refractivity contribution in [3.63, 3.8) is 0 Å². The van der Waals surface area contributed by atoms with Gasteiger partial charge in [-0.15, -0.1) is 0 Å². The van der Waals surface area contributed by atoms with Crippen LogP contribution in [0.25, 0.3) is 60.8 Å². The lowest BCUT2D eigenvalue weighted by Gasteiger charge is -2.28. The minimum Gasteiger partial charge on any atom is -0.456 e. The van der Waals surface area contributed by atoms with Gasteiger partial charge in [-0.25, -0.2) is 0 Å². The second-order valence-corrected chi connectivity index (χ2v) is 11.9. The number of furan rings is 1. The van der Waals surface area contributed by atoms with Crippen LogP contribution in [0.4, 0.5) is 17.1 Å². The molecule has 2 heteroatoms. The highest BCUT2D eigenvalue weighted by molar-refractivity contribution is 6.14. The predicted octanol–water partition coefficient (Wildman–Crippen LogP) is 13.1. The van der Waals surface area contributed by atoms with Crippen molar-refractivity contribution in [3.8, 4) is 22.3 Å². The Bertz CT molecular complexity index is 2430. The average molecular weight is 604 g/mol. The number of hydrogen-bond acceptors (Lipinski definition) is 2. The van der Waals surface area contributed by atoms with Crippen LogP contribution in [-0.4, -0.2) is 0 Å². The maximum Gasteiger partial charge on any atom is 0.135 e. The molecule has 8 rings (SSSR count). The zero-order chi connectivity index (χ0) is 31.7. The highest BCUT2D eigenvalue weighted by atomic mass is 16.3. The van der Waals surface area contributed by atoms with Gasteiger partial charge in [0.1, 0.15) is 11.3 Å². The average Bonchev–Trinajstić information content (AvgIpc) is 3.45. The summed E-state index contributed by atoms with van der Waals surface area (Å²) in [5.74, 6) is 0.860. The highest BCUT2D eigenvalue weighted by Gasteiger charge is 2.18. The van der Waals surface area contributed by atoms with Gasteiger partial charge in [0.2, 0.25) is 0 Å². The Kier molecular flexibility index (Phi) is 7.24. The molecule has 0 fully saturated rings. The van der Waals surface area contributed by atoms with Gasteiger partial charge in [-0.1, -0.05) is 128 Å². The summed E-state index contributed by atoms with van der Waals surface area (Å²) in [7, 11) is 0. The zero-order valence-corrected chi connectivity index (χ0v) is 26.2. The van der Waals surface area contributed by atoms with E-state index in [4.69, 9.17) is 4.42 Å². The monoisotopic (exact) mass is 603 g/mol. The first kappa shape index (κ1) is 28.4. The van der Waals surface area contributed by atoms with Crippen molar-refractivity contribution in [2.75, 3.05) is 4.90 Å². The fourth-order valence-electron chi connectivity index (χ4n) is 6.64. The number of hydrogen-bond donors (Lipinski definition) is 0. The standard InChI is InChI=1S/C45H33NO/c1-3-4-21-44-31(2)42-29-35(24-27-45(42)47-44)34-16-12-17-38(28-34)46(37-25-22-33(23-26-37)32-13-6-5-7-14-32)43-30-36-15-8-9-18-39(36)40-19-10-11-20-41(40)43/h3-30H,1H2,2H3/b21-4-. The van der Waals surface area contributed by atoms with E-state index in [1.54, 1.807) is 6.08 Å². The number of fused-ring (bicyclic) bond motifs is 4. The van der Waals surface area contributed by atoms with Crippen molar-refractivity contribution in [1.82, 2.24) is 0 Å². The molecule has 0 bridgehead atoms. The van der Waals surface area contributed by atoms with E-state index in [1.807, 2.05) is 12.2 Å². The number of benzene rings is 7. The van der Waals surface area contributed by atoms with Crippen LogP contribution in [0.1, 0.15) is 11.3 Å². The van der Waals surface area contributed by atoms with Crippen molar-refractivity contribution in [1.29, 1.82) is 0 Å². The van der Waals surface area contributed by atoms with E-state index in [0.717, 1.165) is 50.5 Å². The molecule has 1 heterocycles. The predicted molar refractivity (Wildman–Crippen MR) is 201 cm³/mol. The van der Waals surface area contributed by atoms with Gasteiger partial charge in [0.05, 0.1) is 5.69 Å². The van der Waals surface area contributed by atoms with Crippen LogP contribution in [0.15, 0.2) is 175 Å². The molecule has 0 aliphatic rings. The molecule has 2 nitrogen and oxygen atoms in total. The Balaban J connectivity index is 1.31. The van der Waals surface area contributed by atoms with E-state index < -0.39 is 0 Å². The molecule has 0 N–H and O–H groups in total. The molecule has 8 aromatic rings. The molecule has 7 aromatic carbocycles. The molecule has 0 radical (unpaired) electrons. The third kappa shape index (κ3) is 5.20. The Hall–Kier alpha value is -6.12. The first-order valence-electron chi connectivity index (χ1n) is 16.0. The lowest BCUT2D eigenvalue weighted by molar-refractivity contribution is 0.601. The van der Waals surface area contributed by atoms with Crippen LogP contribution < -0.4 is 4.90 Å². The van der Waals surface area contributed by atoms with Gasteiger partial charge in [0, 0.05) is 27.7 Å². The van der Waals surface area contributed by atoms with E-state index in [-0.39, 0.29) is 0 Å². The summed E-state index contributed by atoms with van der Waals surface area (Å²) in [6.45, 7) is 5.91. The van der Waals surface area contributed by atoms with Crippen LogP contribution >= 0.6 is 0 Å². The van der Waals surface area contributed by atoms with Gasteiger partial charge < -0.3 is 9.32 Å². The van der Waals surface area contributed by atoms with E-state index in [9.17, 15) is 0 Å². The third-order valence-electron chi connectivity index (χ3n) is 9.01. The molecule has 0 atom stereocenters. The van der Waals surface area contributed by atoms with Crippen LogP contribution in [0.5, 0.6) is 0 Å². The first-order chi connectivity index (χ1) is 23.2. The van der Waals surface area contributed by atoms with E-state index in [1.165, 1.54) is 32.7 Å². The lowest BCUT2D eigenvalue weighted by atomic mass is 9.98. The quantitative estimate of drug-likeness (QED) is 0.133. The maximum absolute atomic E-state index is 6.14.